The number of nitrogens with one attached hydrogen (secondary N) is 1. The normalized spacial score (nSPS) is 12.2. The largest absolute Gasteiger partial charge is 0.354 e. The Morgan fingerprint density at radius 2 is 1.71 bits per heavy atom. The van der Waals surface area contributed by atoms with Crippen LogP contribution in [-0.2, 0) is 26.2 Å². The first-order chi connectivity index (χ1) is 16.4. The zero-order chi connectivity index (χ0) is 26.2. The van der Waals surface area contributed by atoms with Gasteiger partial charge in [0.1, 0.15) is 6.04 Å². The zero-order valence-corrected chi connectivity index (χ0v) is 22.6. The van der Waals surface area contributed by atoms with Gasteiger partial charge < -0.3 is 10.2 Å². The highest BCUT2D eigenvalue weighted by Gasteiger charge is 2.26. The topological polar surface area (TPSA) is 86.8 Å². The van der Waals surface area contributed by atoms with Crippen LogP contribution in [0, 0.1) is 20.8 Å². The number of sulfonamides is 1. The van der Waals surface area contributed by atoms with Gasteiger partial charge in [0.15, 0.2) is 0 Å². The molecule has 1 atom stereocenters. The minimum absolute atomic E-state index is 0.133. The summed E-state index contributed by atoms with van der Waals surface area (Å²) in [6.45, 7) is 10.5. The number of aryl methyl sites for hydroxylation is 3. The fraction of sp³-hybridized carbons (Fsp3) is 0.481. The second kappa shape index (κ2) is 12.7. The molecule has 1 N–H and O–H groups in total. The van der Waals surface area contributed by atoms with E-state index in [9.17, 15) is 18.0 Å². The Hall–Kier alpha value is -2.87. The summed E-state index contributed by atoms with van der Waals surface area (Å²) < 4.78 is 26.5. The number of carbonyl (C=O) groups excluding carboxylic acids is 2. The van der Waals surface area contributed by atoms with Crippen LogP contribution < -0.4 is 9.62 Å². The standard InChI is InChI=1S/C27H39N3O4S/c1-7-15-28-27(32)23(5)29(19-24-11-8-10-20(2)17-24)26(31)12-9-16-30(35(6,33)34)25-18-21(3)13-14-22(25)4/h8,10-11,13-14,17-18,23H,7,9,12,15-16,19H2,1-6H3,(H,28,32)/t23-/m1/s1. The lowest BCUT2D eigenvalue weighted by Gasteiger charge is -2.29. The van der Waals surface area contributed by atoms with E-state index in [0.29, 0.717) is 25.2 Å². The summed E-state index contributed by atoms with van der Waals surface area (Å²) in [5.41, 5.74) is 4.47. The van der Waals surface area contributed by atoms with Gasteiger partial charge in [0.25, 0.3) is 0 Å². The predicted octanol–water partition coefficient (Wildman–Crippen LogP) is 4.10. The molecule has 2 aromatic rings. The monoisotopic (exact) mass is 501 g/mol. The van der Waals surface area contributed by atoms with Crippen molar-refractivity contribution in [2.24, 2.45) is 0 Å². The highest BCUT2D eigenvalue weighted by Crippen LogP contribution is 2.24. The van der Waals surface area contributed by atoms with Gasteiger partial charge in [0.2, 0.25) is 21.8 Å². The third-order valence-electron chi connectivity index (χ3n) is 5.94. The number of nitrogens with zero attached hydrogens (tertiary/aromatic N) is 2. The van der Waals surface area contributed by atoms with Crippen LogP contribution in [0.25, 0.3) is 0 Å². The molecule has 0 spiro atoms. The smallest absolute Gasteiger partial charge is 0.242 e. The molecule has 0 radical (unpaired) electrons. The van der Waals surface area contributed by atoms with Gasteiger partial charge in [0, 0.05) is 26.1 Å². The summed E-state index contributed by atoms with van der Waals surface area (Å²) in [6, 6.07) is 12.9. The molecule has 0 aromatic heterocycles. The van der Waals surface area contributed by atoms with Crippen LogP contribution >= 0.6 is 0 Å². The molecule has 0 aliphatic carbocycles. The molecule has 0 heterocycles. The van der Waals surface area contributed by atoms with E-state index in [4.69, 9.17) is 0 Å². The van der Waals surface area contributed by atoms with Gasteiger partial charge >= 0.3 is 0 Å². The van der Waals surface area contributed by atoms with Crippen molar-refractivity contribution in [2.75, 3.05) is 23.7 Å². The van der Waals surface area contributed by atoms with Crippen molar-refractivity contribution in [2.45, 2.75) is 66.5 Å². The summed E-state index contributed by atoms with van der Waals surface area (Å²) >= 11 is 0. The molecule has 192 valence electrons. The van der Waals surface area contributed by atoms with Crippen LogP contribution in [0.2, 0.25) is 0 Å². The SMILES string of the molecule is CCCNC(=O)[C@@H](C)N(Cc1cccc(C)c1)C(=O)CCCN(c1cc(C)ccc1C)S(C)(=O)=O. The molecule has 2 amide bonds. The third-order valence-corrected chi connectivity index (χ3v) is 7.12. The van der Waals surface area contributed by atoms with Crippen molar-refractivity contribution in [3.05, 3.63) is 64.7 Å². The van der Waals surface area contributed by atoms with Gasteiger partial charge in [-0.05, 0) is 63.3 Å². The van der Waals surface area contributed by atoms with Crippen LogP contribution in [0.4, 0.5) is 5.69 Å². The lowest BCUT2D eigenvalue weighted by atomic mass is 10.1. The highest BCUT2D eigenvalue weighted by atomic mass is 32.2. The molecule has 2 rings (SSSR count). The molecule has 0 aliphatic heterocycles. The molecule has 7 nitrogen and oxygen atoms in total. The highest BCUT2D eigenvalue weighted by molar-refractivity contribution is 7.92. The quantitative estimate of drug-likeness (QED) is 0.474. The van der Waals surface area contributed by atoms with Crippen molar-refractivity contribution >= 4 is 27.5 Å². The Morgan fingerprint density at radius 1 is 1.03 bits per heavy atom. The first-order valence-electron chi connectivity index (χ1n) is 12.1. The van der Waals surface area contributed by atoms with Crippen LogP contribution in [0.5, 0.6) is 0 Å². The van der Waals surface area contributed by atoms with E-state index in [0.717, 1.165) is 28.7 Å². The van der Waals surface area contributed by atoms with Crippen molar-refractivity contribution in [1.29, 1.82) is 0 Å². The maximum Gasteiger partial charge on any atom is 0.242 e. The Kier molecular flexibility index (Phi) is 10.3. The second-order valence-corrected chi connectivity index (χ2v) is 11.1. The Morgan fingerprint density at radius 3 is 2.34 bits per heavy atom. The first-order valence-corrected chi connectivity index (χ1v) is 14.0. The molecular weight excluding hydrogens is 462 g/mol. The molecule has 0 unspecified atom stereocenters. The predicted molar refractivity (Wildman–Crippen MR) is 142 cm³/mol. The average Bonchev–Trinajstić information content (AvgIpc) is 2.79. The molecule has 0 saturated heterocycles. The number of hydrogen-bond donors (Lipinski definition) is 1. The van der Waals surface area contributed by atoms with Crippen LogP contribution in [-0.4, -0.2) is 50.5 Å². The van der Waals surface area contributed by atoms with Crippen LogP contribution in [0.1, 0.15) is 55.4 Å². The average molecular weight is 502 g/mol. The molecule has 0 saturated carbocycles. The maximum absolute atomic E-state index is 13.3. The molecule has 35 heavy (non-hydrogen) atoms. The van der Waals surface area contributed by atoms with Gasteiger partial charge in [-0.15, -0.1) is 0 Å². The van der Waals surface area contributed by atoms with Gasteiger partial charge in [-0.3, -0.25) is 13.9 Å². The molecule has 2 aromatic carbocycles. The maximum atomic E-state index is 13.3. The number of carbonyl (C=O) groups is 2. The fourth-order valence-electron chi connectivity index (χ4n) is 3.96. The van der Waals surface area contributed by atoms with E-state index in [-0.39, 0.29) is 24.8 Å². The molecule has 0 fully saturated rings. The van der Waals surface area contributed by atoms with E-state index in [1.165, 1.54) is 10.6 Å². The van der Waals surface area contributed by atoms with Crippen LogP contribution in [0.3, 0.4) is 0 Å². The van der Waals surface area contributed by atoms with Crippen molar-refractivity contribution < 1.29 is 18.0 Å². The lowest BCUT2D eigenvalue weighted by molar-refractivity contribution is -0.140. The van der Waals surface area contributed by atoms with Gasteiger partial charge in [0.05, 0.1) is 11.9 Å². The zero-order valence-electron chi connectivity index (χ0n) is 21.8. The molecule has 0 aliphatic rings. The molecular formula is C27H39N3O4S. The summed E-state index contributed by atoms with van der Waals surface area (Å²) in [4.78, 5) is 27.6. The first kappa shape index (κ1) is 28.4. The van der Waals surface area contributed by atoms with E-state index >= 15 is 0 Å². The van der Waals surface area contributed by atoms with Gasteiger partial charge in [-0.25, -0.2) is 8.42 Å². The van der Waals surface area contributed by atoms with Crippen molar-refractivity contribution in [3.8, 4) is 0 Å². The van der Waals surface area contributed by atoms with Crippen LogP contribution in [0.15, 0.2) is 42.5 Å². The number of hydrogen-bond acceptors (Lipinski definition) is 4. The number of amides is 2. The molecule has 0 bridgehead atoms. The Bertz CT molecular complexity index is 1130. The number of benzene rings is 2. The fourth-order valence-corrected chi connectivity index (χ4v) is 4.97. The van der Waals surface area contributed by atoms with E-state index < -0.39 is 16.1 Å². The number of anilines is 1. The van der Waals surface area contributed by atoms with E-state index in [2.05, 4.69) is 5.32 Å². The summed E-state index contributed by atoms with van der Waals surface area (Å²) in [6.07, 6.45) is 2.46. The minimum Gasteiger partial charge on any atom is -0.354 e. The summed E-state index contributed by atoms with van der Waals surface area (Å²) in [7, 11) is -3.52. The van der Waals surface area contributed by atoms with E-state index in [1.54, 1.807) is 11.8 Å². The van der Waals surface area contributed by atoms with Crippen molar-refractivity contribution in [3.63, 3.8) is 0 Å². The molecule has 8 heteroatoms. The second-order valence-electron chi connectivity index (χ2n) is 9.21. The van der Waals surface area contributed by atoms with E-state index in [1.807, 2.05) is 70.2 Å². The van der Waals surface area contributed by atoms with Crippen molar-refractivity contribution in [1.82, 2.24) is 10.2 Å². The lowest BCUT2D eigenvalue weighted by Crippen LogP contribution is -2.47. The minimum atomic E-state index is -3.52. The van der Waals surface area contributed by atoms with Gasteiger partial charge in [-0.2, -0.15) is 0 Å². The summed E-state index contributed by atoms with van der Waals surface area (Å²) in [5.74, 6) is -0.374. The third kappa shape index (κ3) is 8.38. The Balaban J connectivity index is 2.19. The Labute approximate surface area is 210 Å². The summed E-state index contributed by atoms with van der Waals surface area (Å²) in [5, 5.41) is 2.87. The number of rotatable bonds is 12. The van der Waals surface area contributed by atoms with Gasteiger partial charge in [-0.1, -0.05) is 48.9 Å².